The Balaban J connectivity index is 1.77. The maximum Gasteiger partial charge on any atom is 0.175 e. The summed E-state index contributed by atoms with van der Waals surface area (Å²) < 4.78 is 0. The molecular formula is C28H20O. The molecule has 5 aromatic carbocycles. The minimum atomic E-state index is -0.332. The molecule has 5 aromatic rings. The Hall–Kier alpha value is -3.71. The molecule has 0 saturated carbocycles. The van der Waals surface area contributed by atoms with Crippen molar-refractivity contribution in [2.24, 2.45) is 0 Å². The summed E-state index contributed by atoms with van der Waals surface area (Å²) in [6, 6.07) is 38.7. The maximum absolute atomic E-state index is 14.0. The van der Waals surface area contributed by atoms with E-state index in [2.05, 4.69) is 30.3 Å². The van der Waals surface area contributed by atoms with Crippen LogP contribution in [0.2, 0.25) is 0 Å². The standard InChI is InChI=1S/C28H20O/c29-28(27(20-11-3-1-4-12-20)21-13-5-2-6-14-21)26-19-22-15-7-8-16-23(22)24-17-9-10-18-25(24)26/h1-19,27H. The zero-order valence-electron chi connectivity index (χ0n) is 16.0. The molecule has 29 heavy (non-hydrogen) atoms. The summed E-state index contributed by atoms with van der Waals surface area (Å²) in [5.41, 5.74) is 2.80. The molecule has 0 unspecified atom stereocenters. The first-order valence-corrected chi connectivity index (χ1v) is 9.87. The highest BCUT2D eigenvalue weighted by Crippen LogP contribution is 2.34. The number of ketones is 1. The highest BCUT2D eigenvalue weighted by atomic mass is 16.1. The lowest BCUT2D eigenvalue weighted by Crippen LogP contribution is -2.15. The van der Waals surface area contributed by atoms with E-state index >= 15 is 0 Å². The molecule has 0 aliphatic heterocycles. The zero-order chi connectivity index (χ0) is 19.6. The Morgan fingerprint density at radius 3 is 1.62 bits per heavy atom. The average molecular weight is 372 g/mol. The van der Waals surface area contributed by atoms with Crippen molar-refractivity contribution in [3.8, 4) is 0 Å². The zero-order valence-corrected chi connectivity index (χ0v) is 16.0. The van der Waals surface area contributed by atoms with E-state index in [1.165, 1.54) is 5.39 Å². The van der Waals surface area contributed by atoms with Gasteiger partial charge in [-0.2, -0.15) is 0 Å². The van der Waals surface area contributed by atoms with Crippen LogP contribution in [0.15, 0.2) is 115 Å². The first-order valence-electron chi connectivity index (χ1n) is 9.87. The first kappa shape index (κ1) is 17.4. The number of hydrogen-bond acceptors (Lipinski definition) is 1. The smallest absolute Gasteiger partial charge is 0.175 e. The quantitative estimate of drug-likeness (QED) is 0.245. The van der Waals surface area contributed by atoms with E-state index in [4.69, 9.17) is 0 Å². The van der Waals surface area contributed by atoms with Gasteiger partial charge in [-0.1, -0.05) is 109 Å². The topological polar surface area (TPSA) is 17.1 Å². The fraction of sp³-hybridized carbons (Fsp3) is 0.0357. The third-order valence-electron chi connectivity index (χ3n) is 5.56. The lowest BCUT2D eigenvalue weighted by atomic mass is 9.83. The highest BCUT2D eigenvalue weighted by molar-refractivity contribution is 6.19. The molecule has 0 atom stereocenters. The van der Waals surface area contributed by atoms with Crippen molar-refractivity contribution >= 4 is 27.3 Å². The molecule has 0 spiro atoms. The molecule has 0 fully saturated rings. The van der Waals surface area contributed by atoms with E-state index in [-0.39, 0.29) is 11.7 Å². The molecule has 0 N–H and O–H groups in total. The summed E-state index contributed by atoms with van der Waals surface area (Å²) in [5.74, 6) is -0.202. The monoisotopic (exact) mass is 372 g/mol. The van der Waals surface area contributed by atoms with E-state index in [1.54, 1.807) is 0 Å². The summed E-state index contributed by atoms with van der Waals surface area (Å²) in [6.45, 7) is 0. The number of rotatable bonds is 4. The second-order valence-electron chi connectivity index (χ2n) is 7.31. The molecule has 1 nitrogen and oxygen atoms in total. The third kappa shape index (κ3) is 3.11. The number of hydrogen-bond donors (Lipinski definition) is 0. The first-order chi connectivity index (χ1) is 14.3. The van der Waals surface area contributed by atoms with E-state index in [1.807, 2.05) is 84.9 Å². The van der Waals surface area contributed by atoms with Crippen molar-refractivity contribution in [2.75, 3.05) is 0 Å². The van der Waals surface area contributed by atoms with Crippen LogP contribution in [0.1, 0.15) is 27.4 Å². The summed E-state index contributed by atoms with van der Waals surface area (Å²) in [6.07, 6.45) is 0. The lowest BCUT2D eigenvalue weighted by molar-refractivity contribution is 0.0975. The van der Waals surface area contributed by atoms with Crippen LogP contribution in [0.25, 0.3) is 21.5 Å². The van der Waals surface area contributed by atoms with Gasteiger partial charge in [-0.05, 0) is 38.7 Å². The molecule has 1 heteroatoms. The normalized spacial score (nSPS) is 11.2. The van der Waals surface area contributed by atoms with E-state index < -0.39 is 0 Å². The van der Waals surface area contributed by atoms with Crippen LogP contribution in [0.3, 0.4) is 0 Å². The maximum atomic E-state index is 14.0. The minimum Gasteiger partial charge on any atom is -0.293 e. The van der Waals surface area contributed by atoms with Crippen LogP contribution in [0, 0.1) is 0 Å². The van der Waals surface area contributed by atoms with Crippen LogP contribution in [-0.2, 0) is 0 Å². The van der Waals surface area contributed by atoms with Crippen molar-refractivity contribution in [3.63, 3.8) is 0 Å². The van der Waals surface area contributed by atoms with Gasteiger partial charge < -0.3 is 0 Å². The predicted molar refractivity (Wildman–Crippen MR) is 121 cm³/mol. The Morgan fingerprint density at radius 1 is 0.517 bits per heavy atom. The third-order valence-corrected chi connectivity index (χ3v) is 5.56. The Kier molecular flexibility index (Phi) is 4.42. The van der Waals surface area contributed by atoms with Gasteiger partial charge in [0.05, 0.1) is 5.92 Å². The molecule has 0 heterocycles. The van der Waals surface area contributed by atoms with Crippen molar-refractivity contribution in [1.82, 2.24) is 0 Å². The number of carbonyl (C=O) groups excluding carboxylic acids is 1. The van der Waals surface area contributed by atoms with Crippen molar-refractivity contribution < 1.29 is 4.79 Å². The van der Waals surface area contributed by atoms with Gasteiger partial charge in [0.2, 0.25) is 0 Å². The Morgan fingerprint density at radius 2 is 1.00 bits per heavy atom. The average Bonchev–Trinajstić information content (AvgIpc) is 2.80. The van der Waals surface area contributed by atoms with Crippen LogP contribution in [0.4, 0.5) is 0 Å². The van der Waals surface area contributed by atoms with Gasteiger partial charge in [-0.15, -0.1) is 0 Å². The molecular weight excluding hydrogens is 352 g/mol. The number of fused-ring (bicyclic) bond motifs is 3. The van der Waals surface area contributed by atoms with Gasteiger partial charge in [0.25, 0.3) is 0 Å². The summed E-state index contributed by atoms with van der Waals surface area (Å²) >= 11 is 0. The Labute approximate surface area is 170 Å². The van der Waals surface area contributed by atoms with E-state index in [9.17, 15) is 4.79 Å². The largest absolute Gasteiger partial charge is 0.293 e. The van der Waals surface area contributed by atoms with Crippen molar-refractivity contribution in [1.29, 1.82) is 0 Å². The predicted octanol–water partition coefficient (Wildman–Crippen LogP) is 7.01. The molecule has 0 bridgehead atoms. The van der Waals surface area contributed by atoms with Crippen LogP contribution in [0.5, 0.6) is 0 Å². The van der Waals surface area contributed by atoms with Gasteiger partial charge in [0.15, 0.2) is 5.78 Å². The Bertz CT molecular complexity index is 1260. The molecule has 0 aliphatic carbocycles. The van der Waals surface area contributed by atoms with Crippen molar-refractivity contribution in [3.05, 3.63) is 132 Å². The molecule has 5 rings (SSSR count). The molecule has 0 aliphatic rings. The minimum absolute atomic E-state index is 0.129. The fourth-order valence-corrected chi connectivity index (χ4v) is 4.20. The molecule has 0 saturated heterocycles. The molecule has 0 aromatic heterocycles. The lowest BCUT2D eigenvalue weighted by Gasteiger charge is -2.19. The van der Waals surface area contributed by atoms with Crippen LogP contribution < -0.4 is 0 Å². The van der Waals surface area contributed by atoms with E-state index in [0.29, 0.717) is 0 Å². The van der Waals surface area contributed by atoms with E-state index in [0.717, 1.165) is 32.8 Å². The second kappa shape index (κ2) is 7.37. The molecule has 138 valence electrons. The van der Waals surface area contributed by atoms with Gasteiger partial charge in [0.1, 0.15) is 0 Å². The fourth-order valence-electron chi connectivity index (χ4n) is 4.20. The summed E-state index contributed by atoms with van der Waals surface area (Å²) in [4.78, 5) is 14.0. The number of Topliss-reactive ketones (excluding diaryl/α,β-unsaturated/α-hetero) is 1. The summed E-state index contributed by atoms with van der Waals surface area (Å²) in [7, 11) is 0. The molecule has 0 radical (unpaired) electrons. The number of carbonyl (C=O) groups is 1. The second-order valence-corrected chi connectivity index (χ2v) is 7.31. The highest BCUT2D eigenvalue weighted by Gasteiger charge is 2.25. The molecule has 0 amide bonds. The number of benzene rings is 5. The van der Waals surface area contributed by atoms with Crippen LogP contribution in [-0.4, -0.2) is 5.78 Å². The SMILES string of the molecule is O=C(c1cc2ccccc2c2ccccc12)C(c1ccccc1)c1ccccc1. The van der Waals surface area contributed by atoms with Gasteiger partial charge in [0, 0.05) is 5.56 Å². The van der Waals surface area contributed by atoms with Gasteiger partial charge >= 0.3 is 0 Å². The van der Waals surface area contributed by atoms with Gasteiger partial charge in [-0.25, -0.2) is 0 Å². The van der Waals surface area contributed by atoms with Crippen molar-refractivity contribution in [2.45, 2.75) is 5.92 Å². The van der Waals surface area contributed by atoms with Crippen LogP contribution >= 0.6 is 0 Å². The van der Waals surface area contributed by atoms with Gasteiger partial charge in [-0.3, -0.25) is 4.79 Å². The summed E-state index contributed by atoms with van der Waals surface area (Å²) in [5, 5.41) is 4.40.